The van der Waals surface area contributed by atoms with Crippen molar-refractivity contribution in [3.63, 3.8) is 0 Å². The first-order valence-corrected chi connectivity index (χ1v) is 7.18. The number of nitrogens with two attached hydrogens (primary N) is 1. The van der Waals surface area contributed by atoms with E-state index in [2.05, 4.69) is 10.2 Å². The van der Waals surface area contributed by atoms with E-state index >= 15 is 0 Å². The van der Waals surface area contributed by atoms with E-state index in [0.29, 0.717) is 15.9 Å². The predicted octanol–water partition coefficient (Wildman–Crippen LogP) is 4.94. The molecule has 0 aliphatic rings. The highest BCUT2D eigenvalue weighted by Gasteiger charge is 2.15. The topological polar surface area (TPSA) is 54.7 Å². The molecule has 0 radical (unpaired) electrons. The molecule has 106 valence electrons. The van der Waals surface area contributed by atoms with Crippen molar-refractivity contribution in [1.29, 1.82) is 0 Å². The van der Waals surface area contributed by atoms with Crippen molar-refractivity contribution in [3.05, 3.63) is 58.1 Å². The van der Waals surface area contributed by atoms with Crippen LogP contribution in [0.5, 0.6) is 0 Å². The average Bonchev–Trinajstić information content (AvgIpc) is 2.85. The lowest BCUT2D eigenvalue weighted by Crippen LogP contribution is -1.89. The number of hydrogen-bond acceptors (Lipinski definition) is 2. The lowest BCUT2D eigenvalue weighted by atomic mass is 10.0. The van der Waals surface area contributed by atoms with Crippen molar-refractivity contribution in [1.82, 2.24) is 10.2 Å². The minimum absolute atomic E-state index is 0.448. The first-order valence-electron chi connectivity index (χ1n) is 6.42. The quantitative estimate of drug-likeness (QED) is 0.703. The number of benzene rings is 2. The number of anilines is 1. The van der Waals surface area contributed by atoms with Crippen LogP contribution in [0.1, 0.15) is 5.56 Å². The summed E-state index contributed by atoms with van der Waals surface area (Å²) < 4.78 is 0. The van der Waals surface area contributed by atoms with Gasteiger partial charge in [0.15, 0.2) is 5.82 Å². The fourth-order valence-corrected chi connectivity index (χ4v) is 2.53. The fraction of sp³-hybridized carbons (Fsp3) is 0.0625. The Hall–Kier alpha value is -1.97. The van der Waals surface area contributed by atoms with Crippen LogP contribution in [0.15, 0.2) is 42.5 Å². The van der Waals surface area contributed by atoms with E-state index in [0.717, 1.165) is 27.9 Å². The minimum Gasteiger partial charge on any atom is -0.382 e. The molecule has 0 saturated carbocycles. The Balaban J connectivity index is 2.16. The van der Waals surface area contributed by atoms with Gasteiger partial charge >= 0.3 is 0 Å². The molecule has 3 nitrogen and oxygen atoms in total. The second-order valence-electron chi connectivity index (χ2n) is 4.83. The first kappa shape index (κ1) is 14.0. The highest BCUT2D eigenvalue weighted by molar-refractivity contribution is 6.31. The van der Waals surface area contributed by atoms with Crippen LogP contribution < -0.4 is 5.73 Å². The van der Waals surface area contributed by atoms with E-state index in [-0.39, 0.29) is 0 Å². The highest BCUT2D eigenvalue weighted by Crippen LogP contribution is 2.36. The summed E-state index contributed by atoms with van der Waals surface area (Å²) >= 11 is 12.1. The van der Waals surface area contributed by atoms with Gasteiger partial charge in [-0.25, -0.2) is 0 Å². The molecule has 0 atom stereocenters. The van der Waals surface area contributed by atoms with Crippen LogP contribution in [-0.2, 0) is 0 Å². The van der Waals surface area contributed by atoms with Gasteiger partial charge in [0.25, 0.3) is 0 Å². The maximum atomic E-state index is 6.21. The smallest absolute Gasteiger partial charge is 0.153 e. The van der Waals surface area contributed by atoms with Crippen LogP contribution in [0, 0.1) is 6.92 Å². The number of nitrogens with zero attached hydrogens (tertiary/aromatic N) is 1. The minimum atomic E-state index is 0.448. The van der Waals surface area contributed by atoms with Gasteiger partial charge in [0.1, 0.15) is 0 Å². The predicted molar refractivity (Wildman–Crippen MR) is 88.6 cm³/mol. The molecule has 1 heterocycles. The molecule has 3 rings (SSSR count). The third-order valence-electron chi connectivity index (χ3n) is 3.39. The summed E-state index contributed by atoms with van der Waals surface area (Å²) in [4.78, 5) is 0. The monoisotopic (exact) mass is 317 g/mol. The van der Waals surface area contributed by atoms with Crippen LogP contribution in [0.4, 0.5) is 5.82 Å². The molecule has 0 aliphatic carbocycles. The molecule has 0 fully saturated rings. The van der Waals surface area contributed by atoms with Crippen molar-refractivity contribution < 1.29 is 0 Å². The zero-order chi connectivity index (χ0) is 15.0. The third kappa shape index (κ3) is 2.62. The van der Waals surface area contributed by atoms with Crippen molar-refractivity contribution in [3.8, 4) is 22.4 Å². The molecule has 0 aliphatic heterocycles. The van der Waals surface area contributed by atoms with Gasteiger partial charge in [-0.3, -0.25) is 5.10 Å². The van der Waals surface area contributed by atoms with Gasteiger partial charge in [0.05, 0.1) is 11.3 Å². The van der Waals surface area contributed by atoms with E-state index in [9.17, 15) is 0 Å². The van der Waals surface area contributed by atoms with Crippen LogP contribution >= 0.6 is 23.2 Å². The summed E-state index contributed by atoms with van der Waals surface area (Å²) in [5, 5.41) is 8.50. The van der Waals surface area contributed by atoms with Crippen molar-refractivity contribution in [2.24, 2.45) is 0 Å². The fourth-order valence-electron chi connectivity index (χ4n) is 2.22. The van der Waals surface area contributed by atoms with Crippen molar-refractivity contribution >= 4 is 29.0 Å². The lowest BCUT2D eigenvalue weighted by molar-refractivity contribution is 1.10. The number of aromatic nitrogens is 2. The summed E-state index contributed by atoms with van der Waals surface area (Å²) in [6.07, 6.45) is 0. The largest absolute Gasteiger partial charge is 0.382 e. The summed E-state index contributed by atoms with van der Waals surface area (Å²) in [6.45, 7) is 1.97. The number of aryl methyl sites for hydroxylation is 1. The van der Waals surface area contributed by atoms with E-state index < -0.39 is 0 Å². The van der Waals surface area contributed by atoms with Crippen LogP contribution in [0.3, 0.4) is 0 Å². The van der Waals surface area contributed by atoms with Crippen LogP contribution in [0.2, 0.25) is 10.0 Å². The standard InChI is InChI=1S/C16H13Cl2N3/c1-9-2-3-11(8-13(9)18)15-14(16(19)21-20-15)10-4-6-12(17)7-5-10/h2-8H,1H3,(H3,19,20,21). The SMILES string of the molecule is Cc1ccc(-c2[nH]nc(N)c2-c2ccc(Cl)cc2)cc1Cl. The molecular formula is C16H13Cl2N3. The maximum Gasteiger partial charge on any atom is 0.153 e. The van der Waals surface area contributed by atoms with Crippen molar-refractivity contribution in [2.75, 3.05) is 5.73 Å². The molecule has 3 aromatic rings. The summed E-state index contributed by atoms with van der Waals surface area (Å²) in [7, 11) is 0. The molecule has 0 unspecified atom stereocenters. The number of hydrogen-bond donors (Lipinski definition) is 2. The molecule has 21 heavy (non-hydrogen) atoms. The van der Waals surface area contributed by atoms with Crippen LogP contribution in [0.25, 0.3) is 22.4 Å². The van der Waals surface area contributed by atoms with E-state index in [1.165, 1.54) is 0 Å². The Morgan fingerprint density at radius 3 is 2.33 bits per heavy atom. The van der Waals surface area contributed by atoms with Gasteiger partial charge in [0, 0.05) is 15.6 Å². The first-order chi connectivity index (χ1) is 10.1. The van der Waals surface area contributed by atoms with Crippen LogP contribution in [-0.4, -0.2) is 10.2 Å². The second kappa shape index (κ2) is 5.43. The molecule has 2 aromatic carbocycles. The Bertz CT molecular complexity index is 792. The van der Waals surface area contributed by atoms with Gasteiger partial charge < -0.3 is 5.73 Å². The molecule has 0 amide bonds. The lowest BCUT2D eigenvalue weighted by Gasteiger charge is -2.06. The van der Waals surface area contributed by atoms with E-state index in [1.807, 2.05) is 49.4 Å². The number of nitrogen functional groups attached to an aromatic ring is 1. The van der Waals surface area contributed by atoms with E-state index in [4.69, 9.17) is 28.9 Å². The molecule has 1 aromatic heterocycles. The number of H-pyrrole nitrogens is 1. The zero-order valence-corrected chi connectivity index (χ0v) is 12.8. The number of halogens is 2. The number of nitrogens with one attached hydrogen (secondary N) is 1. The van der Waals surface area contributed by atoms with Gasteiger partial charge in [-0.15, -0.1) is 0 Å². The third-order valence-corrected chi connectivity index (χ3v) is 4.05. The maximum absolute atomic E-state index is 6.21. The average molecular weight is 318 g/mol. The second-order valence-corrected chi connectivity index (χ2v) is 5.67. The van der Waals surface area contributed by atoms with E-state index in [1.54, 1.807) is 0 Å². The summed E-state index contributed by atoms with van der Waals surface area (Å²) in [6, 6.07) is 13.4. The number of rotatable bonds is 2. The van der Waals surface area contributed by atoms with Gasteiger partial charge in [0.2, 0.25) is 0 Å². The molecular weight excluding hydrogens is 305 g/mol. The van der Waals surface area contributed by atoms with Gasteiger partial charge in [-0.05, 0) is 36.2 Å². The summed E-state index contributed by atoms with van der Waals surface area (Å²) in [5.41, 5.74) is 10.6. The molecule has 3 N–H and O–H groups in total. The molecule has 0 bridgehead atoms. The zero-order valence-electron chi connectivity index (χ0n) is 11.3. The van der Waals surface area contributed by atoms with Gasteiger partial charge in [-0.1, -0.05) is 47.5 Å². The Morgan fingerprint density at radius 1 is 1.00 bits per heavy atom. The number of aromatic amines is 1. The Labute approximate surface area is 132 Å². The van der Waals surface area contributed by atoms with Crippen molar-refractivity contribution in [2.45, 2.75) is 6.92 Å². The Morgan fingerprint density at radius 2 is 1.67 bits per heavy atom. The Kier molecular flexibility index (Phi) is 3.62. The molecule has 0 saturated heterocycles. The molecule has 0 spiro atoms. The normalized spacial score (nSPS) is 10.8. The van der Waals surface area contributed by atoms with Gasteiger partial charge in [-0.2, -0.15) is 5.10 Å². The molecule has 5 heteroatoms. The summed E-state index contributed by atoms with van der Waals surface area (Å²) in [5.74, 6) is 0.448. The highest BCUT2D eigenvalue weighted by atomic mass is 35.5.